The molecule has 6 nitrogen and oxygen atoms in total. The maximum absolute atomic E-state index is 5.53. The van der Waals surface area contributed by atoms with Crippen molar-refractivity contribution in [2.75, 3.05) is 19.0 Å². The van der Waals surface area contributed by atoms with Gasteiger partial charge < -0.3 is 9.47 Å². The Bertz CT molecular complexity index is 389. The average Bonchev–Trinajstić information content (AvgIpc) is 3.10. The van der Waals surface area contributed by atoms with Gasteiger partial charge >= 0.3 is 0 Å². The zero-order valence-electron chi connectivity index (χ0n) is 11.0. The highest BCUT2D eigenvalue weighted by Gasteiger charge is 2.22. The summed E-state index contributed by atoms with van der Waals surface area (Å²) < 4.78 is 13.1. The minimum absolute atomic E-state index is 0.0444. The van der Waals surface area contributed by atoms with Crippen LogP contribution in [0, 0.1) is 0 Å². The lowest BCUT2D eigenvalue weighted by Crippen LogP contribution is -2.25. The molecular formula is C12H20N4O2S. The van der Waals surface area contributed by atoms with Crippen LogP contribution in [-0.4, -0.2) is 45.5 Å². The second-order valence-electron chi connectivity index (χ2n) is 5.01. The molecule has 2 fully saturated rings. The Morgan fingerprint density at radius 2 is 1.95 bits per heavy atom. The SMILES string of the molecule is C1COC(CCSc2nnnn2C2CCCC2)OC1. The van der Waals surface area contributed by atoms with Crippen molar-refractivity contribution in [1.29, 1.82) is 0 Å². The van der Waals surface area contributed by atoms with E-state index < -0.39 is 0 Å². The molecule has 0 aromatic carbocycles. The van der Waals surface area contributed by atoms with Crippen LogP contribution < -0.4 is 0 Å². The summed E-state index contributed by atoms with van der Waals surface area (Å²) in [4.78, 5) is 0. The first-order valence-corrected chi connectivity index (χ1v) is 8.06. The molecule has 1 aromatic heterocycles. The number of hydrogen-bond donors (Lipinski definition) is 0. The van der Waals surface area contributed by atoms with Gasteiger partial charge in [0.2, 0.25) is 5.16 Å². The zero-order valence-corrected chi connectivity index (χ0v) is 11.8. The molecule has 1 aromatic rings. The molecule has 7 heteroatoms. The molecule has 106 valence electrons. The van der Waals surface area contributed by atoms with Crippen LogP contribution in [0.5, 0.6) is 0 Å². The van der Waals surface area contributed by atoms with Crippen LogP contribution in [0.4, 0.5) is 0 Å². The molecular weight excluding hydrogens is 264 g/mol. The van der Waals surface area contributed by atoms with E-state index in [-0.39, 0.29) is 6.29 Å². The van der Waals surface area contributed by atoms with E-state index in [1.54, 1.807) is 11.8 Å². The fourth-order valence-corrected chi connectivity index (χ4v) is 3.51. The van der Waals surface area contributed by atoms with Crippen LogP contribution in [-0.2, 0) is 9.47 Å². The average molecular weight is 284 g/mol. The van der Waals surface area contributed by atoms with Gasteiger partial charge in [-0.25, -0.2) is 4.68 Å². The molecule has 1 saturated heterocycles. The summed E-state index contributed by atoms with van der Waals surface area (Å²) in [5.74, 6) is 0.928. The van der Waals surface area contributed by atoms with Crippen LogP contribution >= 0.6 is 11.8 Å². The molecule has 1 aliphatic heterocycles. The highest BCUT2D eigenvalue weighted by molar-refractivity contribution is 7.99. The van der Waals surface area contributed by atoms with Crippen molar-refractivity contribution in [3.8, 4) is 0 Å². The Balaban J connectivity index is 1.48. The molecule has 0 bridgehead atoms. The van der Waals surface area contributed by atoms with Crippen molar-refractivity contribution in [1.82, 2.24) is 20.2 Å². The van der Waals surface area contributed by atoms with Gasteiger partial charge in [0, 0.05) is 12.2 Å². The summed E-state index contributed by atoms with van der Waals surface area (Å²) in [6.45, 7) is 1.63. The molecule has 19 heavy (non-hydrogen) atoms. The maximum atomic E-state index is 5.53. The molecule has 1 saturated carbocycles. The summed E-state index contributed by atoms with van der Waals surface area (Å²) in [5, 5.41) is 13.0. The van der Waals surface area contributed by atoms with Gasteiger partial charge in [-0.05, 0) is 29.7 Å². The summed E-state index contributed by atoms with van der Waals surface area (Å²) in [6, 6.07) is 0.500. The van der Waals surface area contributed by atoms with Crippen LogP contribution in [0.25, 0.3) is 0 Å². The standard InChI is InChI=1S/C12H20N4O2S/c1-2-5-10(4-1)16-12(13-14-15-16)19-9-6-11-17-7-3-8-18-11/h10-11H,1-9H2. The van der Waals surface area contributed by atoms with Gasteiger partial charge in [0.05, 0.1) is 19.3 Å². The minimum atomic E-state index is -0.0444. The van der Waals surface area contributed by atoms with Gasteiger partial charge in [-0.15, -0.1) is 5.10 Å². The zero-order chi connectivity index (χ0) is 12.9. The van der Waals surface area contributed by atoms with Gasteiger partial charge in [0.15, 0.2) is 6.29 Å². The fraction of sp³-hybridized carbons (Fsp3) is 0.917. The van der Waals surface area contributed by atoms with Crippen molar-refractivity contribution in [3.63, 3.8) is 0 Å². The normalized spacial score (nSPS) is 22.1. The Morgan fingerprint density at radius 1 is 1.16 bits per heavy atom. The Kier molecular flexibility index (Phi) is 4.68. The van der Waals surface area contributed by atoms with Crippen LogP contribution in [0.15, 0.2) is 5.16 Å². The van der Waals surface area contributed by atoms with Crippen LogP contribution in [0.1, 0.15) is 44.6 Å². The van der Waals surface area contributed by atoms with Gasteiger partial charge in [0.25, 0.3) is 0 Å². The molecule has 0 atom stereocenters. The number of thioether (sulfide) groups is 1. The smallest absolute Gasteiger partial charge is 0.209 e. The highest BCUT2D eigenvalue weighted by Crippen LogP contribution is 2.31. The van der Waals surface area contributed by atoms with Crippen molar-refractivity contribution >= 4 is 11.8 Å². The number of nitrogens with zero attached hydrogens (tertiary/aromatic N) is 4. The van der Waals surface area contributed by atoms with E-state index in [9.17, 15) is 0 Å². The lowest BCUT2D eigenvalue weighted by atomic mass is 10.3. The summed E-state index contributed by atoms with van der Waals surface area (Å²) >= 11 is 1.70. The summed E-state index contributed by atoms with van der Waals surface area (Å²) in [7, 11) is 0. The maximum Gasteiger partial charge on any atom is 0.209 e. The van der Waals surface area contributed by atoms with Gasteiger partial charge in [-0.1, -0.05) is 24.6 Å². The topological polar surface area (TPSA) is 62.1 Å². The van der Waals surface area contributed by atoms with E-state index in [4.69, 9.17) is 9.47 Å². The van der Waals surface area contributed by atoms with E-state index in [0.29, 0.717) is 6.04 Å². The fourth-order valence-electron chi connectivity index (χ4n) is 2.61. The molecule has 0 N–H and O–H groups in total. The number of tetrazole rings is 1. The molecule has 0 amide bonds. The molecule has 2 aliphatic rings. The largest absolute Gasteiger partial charge is 0.353 e. The Hall–Kier alpha value is -0.660. The quantitative estimate of drug-likeness (QED) is 0.771. The minimum Gasteiger partial charge on any atom is -0.353 e. The third-order valence-electron chi connectivity index (χ3n) is 3.61. The molecule has 0 spiro atoms. The number of ether oxygens (including phenoxy) is 2. The molecule has 3 rings (SSSR count). The van der Waals surface area contributed by atoms with E-state index in [1.807, 2.05) is 4.68 Å². The summed E-state index contributed by atoms with van der Waals surface area (Å²) in [5.41, 5.74) is 0. The van der Waals surface area contributed by atoms with E-state index in [1.165, 1.54) is 25.7 Å². The van der Waals surface area contributed by atoms with Crippen molar-refractivity contribution in [3.05, 3.63) is 0 Å². The third kappa shape index (κ3) is 3.46. The number of aromatic nitrogens is 4. The Morgan fingerprint density at radius 3 is 2.74 bits per heavy atom. The first-order chi connectivity index (χ1) is 9.43. The Labute approximate surface area is 117 Å². The van der Waals surface area contributed by atoms with Crippen LogP contribution in [0.2, 0.25) is 0 Å². The van der Waals surface area contributed by atoms with Crippen molar-refractivity contribution in [2.24, 2.45) is 0 Å². The predicted octanol–water partition coefficient (Wildman–Crippen LogP) is 2.03. The van der Waals surface area contributed by atoms with E-state index in [0.717, 1.165) is 37.0 Å². The second kappa shape index (κ2) is 6.67. The third-order valence-corrected chi connectivity index (χ3v) is 4.58. The lowest BCUT2D eigenvalue weighted by molar-refractivity contribution is -0.178. The van der Waals surface area contributed by atoms with Crippen LogP contribution in [0.3, 0.4) is 0 Å². The van der Waals surface area contributed by atoms with Crippen molar-refractivity contribution < 1.29 is 9.47 Å². The number of rotatable bonds is 5. The first kappa shape index (κ1) is 13.3. The lowest BCUT2D eigenvalue weighted by Gasteiger charge is -2.22. The molecule has 0 unspecified atom stereocenters. The van der Waals surface area contributed by atoms with E-state index in [2.05, 4.69) is 15.5 Å². The van der Waals surface area contributed by atoms with Crippen molar-refractivity contribution in [2.45, 2.75) is 56.0 Å². The van der Waals surface area contributed by atoms with E-state index >= 15 is 0 Å². The highest BCUT2D eigenvalue weighted by atomic mass is 32.2. The second-order valence-corrected chi connectivity index (χ2v) is 6.07. The number of hydrogen-bond acceptors (Lipinski definition) is 6. The van der Waals surface area contributed by atoms with Gasteiger partial charge in [-0.2, -0.15) is 0 Å². The van der Waals surface area contributed by atoms with Gasteiger partial charge in [0.1, 0.15) is 0 Å². The predicted molar refractivity (Wildman–Crippen MR) is 71.0 cm³/mol. The molecule has 0 radical (unpaired) electrons. The first-order valence-electron chi connectivity index (χ1n) is 7.07. The van der Waals surface area contributed by atoms with Gasteiger partial charge in [-0.3, -0.25) is 0 Å². The monoisotopic (exact) mass is 284 g/mol. The molecule has 1 aliphatic carbocycles. The molecule has 2 heterocycles. The summed E-state index contributed by atoms with van der Waals surface area (Å²) in [6.07, 6.45) is 6.83.